The first-order valence-electron chi connectivity index (χ1n) is 11.1. The van der Waals surface area contributed by atoms with Crippen LogP contribution in [-0.2, 0) is 20.7 Å². The van der Waals surface area contributed by atoms with Crippen molar-refractivity contribution in [2.45, 2.75) is 31.0 Å². The molecule has 3 aromatic rings. The van der Waals surface area contributed by atoms with E-state index in [9.17, 15) is 14.4 Å². The third-order valence-electron chi connectivity index (χ3n) is 6.24. The lowest BCUT2D eigenvalue weighted by molar-refractivity contribution is -0.138. The van der Waals surface area contributed by atoms with E-state index >= 15 is 0 Å². The van der Waals surface area contributed by atoms with E-state index in [1.165, 1.54) is 16.2 Å². The number of pyridine rings is 1. The normalized spacial score (nSPS) is 20.1. The molecule has 0 bridgehead atoms. The molecule has 180 valence electrons. The van der Waals surface area contributed by atoms with Crippen LogP contribution in [0, 0.1) is 0 Å². The molecule has 1 N–H and O–H groups in total. The predicted octanol–water partition coefficient (Wildman–Crippen LogP) is 4.03. The predicted molar refractivity (Wildman–Crippen MR) is 134 cm³/mol. The third-order valence-corrected chi connectivity index (χ3v) is 7.91. The number of ketones is 1. The first kappa shape index (κ1) is 23.9. The van der Waals surface area contributed by atoms with E-state index in [4.69, 9.17) is 27.9 Å². The number of aromatic nitrogens is 1. The number of carbonyl (C=O) groups is 3. The first-order chi connectivity index (χ1) is 16.9. The van der Waals surface area contributed by atoms with E-state index in [1.54, 1.807) is 36.7 Å². The van der Waals surface area contributed by atoms with Gasteiger partial charge in [0.1, 0.15) is 18.7 Å². The summed E-state index contributed by atoms with van der Waals surface area (Å²) >= 11 is 13.5. The second kappa shape index (κ2) is 10.1. The van der Waals surface area contributed by atoms with E-state index in [0.29, 0.717) is 27.9 Å². The number of hydrogen-bond acceptors (Lipinski definition) is 6. The molecule has 2 aromatic heterocycles. The van der Waals surface area contributed by atoms with Crippen molar-refractivity contribution in [3.63, 3.8) is 0 Å². The number of fused-ring (bicyclic) bond motifs is 1. The maximum atomic E-state index is 13.6. The van der Waals surface area contributed by atoms with Crippen molar-refractivity contribution in [2.24, 2.45) is 0 Å². The fraction of sp³-hybridized carbons (Fsp3) is 0.280. The molecular weight excluding hydrogens is 509 g/mol. The summed E-state index contributed by atoms with van der Waals surface area (Å²) in [4.78, 5) is 45.3. The molecule has 2 aliphatic rings. The molecule has 35 heavy (non-hydrogen) atoms. The van der Waals surface area contributed by atoms with Gasteiger partial charge in [-0.15, -0.1) is 11.3 Å². The maximum absolute atomic E-state index is 13.6. The Morgan fingerprint density at radius 2 is 2.06 bits per heavy atom. The van der Waals surface area contributed by atoms with Crippen molar-refractivity contribution < 1.29 is 19.1 Å². The zero-order valence-electron chi connectivity index (χ0n) is 18.4. The molecule has 2 amide bonds. The van der Waals surface area contributed by atoms with E-state index in [0.717, 1.165) is 16.7 Å². The SMILES string of the molecule is O=C(NC(Cc1ccc(Cl)c(Cl)c1)C(=O)N1CCC2OCC(=O)C21)c1cc(-c2cccnc2)cs1. The Bertz CT molecular complexity index is 1280. The molecule has 1 aromatic carbocycles. The number of benzene rings is 1. The average molecular weight is 530 g/mol. The Morgan fingerprint density at radius 1 is 1.20 bits per heavy atom. The lowest BCUT2D eigenvalue weighted by Gasteiger charge is -2.27. The van der Waals surface area contributed by atoms with Crippen LogP contribution in [0.15, 0.2) is 54.2 Å². The second-order valence-electron chi connectivity index (χ2n) is 8.50. The number of hydrogen-bond donors (Lipinski definition) is 1. The number of nitrogens with zero attached hydrogens (tertiary/aromatic N) is 2. The molecule has 10 heteroatoms. The summed E-state index contributed by atoms with van der Waals surface area (Å²) in [5.41, 5.74) is 2.51. The Balaban J connectivity index is 1.39. The van der Waals surface area contributed by atoms with Crippen LogP contribution in [0.25, 0.3) is 11.1 Å². The lowest BCUT2D eigenvalue weighted by Crippen LogP contribution is -2.53. The van der Waals surface area contributed by atoms with Gasteiger partial charge in [-0.3, -0.25) is 19.4 Å². The summed E-state index contributed by atoms with van der Waals surface area (Å²) in [6.45, 7) is 0.410. The summed E-state index contributed by atoms with van der Waals surface area (Å²) in [7, 11) is 0. The smallest absolute Gasteiger partial charge is 0.262 e. The van der Waals surface area contributed by atoms with Crippen LogP contribution >= 0.6 is 34.5 Å². The standard InChI is InChI=1S/C25H21Cl2N3O4S/c26-17-4-3-14(8-18(17)27)9-19(25(33)30-7-5-21-23(30)20(31)12-34-21)29-24(32)22-10-16(13-35-22)15-2-1-6-28-11-15/h1-4,6,8,10-11,13,19,21,23H,5,7,9,12H2,(H,29,32). The largest absolute Gasteiger partial charge is 0.368 e. The zero-order valence-corrected chi connectivity index (χ0v) is 20.8. The van der Waals surface area contributed by atoms with Crippen LogP contribution in [0.1, 0.15) is 21.7 Å². The molecule has 0 aliphatic carbocycles. The van der Waals surface area contributed by atoms with Crippen LogP contribution in [0.3, 0.4) is 0 Å². The van der Waals surface area contributed by atoms with Gasteiger partial charge in [-0.1, -0.05) is 35.3 Å². The Kier molecular flexibility index (Phi) is 6.88. The minimum Gasteiger partial charge on any atom is -0.368 e. The minimum absolute atomic E-state index is 0.00917. The van der Waals surface area contributed by atoms with Gasteiger partial charge in [0, 0.05) is 30.9 Å². The number of halogens is 2. The molecule has 0 saturated carbocycles. The summed E-state index contributed by atoms with van der Waals surface area (Å²) < 4.78 is 5.53. The van der Waals surface area contributed by atoms with E-state index in [1.807, 2.05) is 17.5 Å². The van der Waals surface area contributed by atoms with Gasteiger partial charge in [0.15, 0.2) is 5.78 Å². The monoisotopic (exact) mass is 529 g/mol. The summed E-state index contributed by atoms with van der Waals surface area (Å²) in [5, 5.41) is 5.53. The fourth-order valence-corrected chi connectivity index (χ4v) is 5.65. The van der Waals surface area contributed by atoms with Gasteiger partial charge in [0.25, 0.3) is 5.91 Å². The molecule has 2 aliphatic heterocycles. The van der Waals surface area contributed by atoms with Gasteiger partial charge in [0.05, 0.1) is 21.0 Å². The third kappa shape index (κ3) is 4.97. The molecule has 2 fully saturated rings. The molecule has 4 heterocycles. The second-order valence-corrected chi connectivity index (χ2v) is 10.2. The molecule has 5 rings (SSSR count). The molecule has 0 spiro atoms. The molecule has 3 atom stereocenters. The lowest BCUT2D eigenvalue weighted by atomic mass is 10.0. The van der Waals surface area contributed by atoms with Gasteiger partial charge in [-0.2, -0.15) is 0 Å². The van der Waals surface area contributed by atoms with Crippen LogP contribution in [-0.4, -0.2) is 58.8 Å². The van der Waals surface area contributed by atoms with Gasteiger partial charge < -0.3 is 15.0 Å². The van der Waals surface area contributed by atoms with Crippen molar-refractivity contribution in [1.29, 1.82) is 0 Å². The highest BCUT2D eigenvalue weighted by Crippen LogP contribution is 2.29. The number of Topliss-reactive ketones (excluding diaryl/α,β-unsaturated/α-hetero) is 1. The van der Waals surface area contributed by atoms with Crippen LogP contribution in [0.4, 0.5) is 0 Å². The van der Waals surface area contributed by atoms with Crippen molar-refractivity contribution in [2.75, 3.05) is 13.2 Å². The van der Waals surface area contributed by atoms with Crippen LogP contribution in [0.2, 0.25) is 10.0 Å². The summed E-state index contributed by atoms with van der Waals surface area (Å²) in [6, 6.07) is 9.13. The number of nitrogens with one attached hydrogen (secondary N) is 1. The first-order valence-corrected chi connectivity index (χ1v) is 12.7. The van der Waals surface area contributed by atoms with Gasteiger partial charge in [0.2, 0.25) is 5.91 Å². The van der Waals surface area contributed by atoms with Gasteiger partial charge >= 0.3 is 0 Å². The van der Waals surface area contributed by atoms with Gasteiger partial charge in [-0.25, -0.2) is 0 Å². The Hall–Kier alpha value is -2.78. The average Bonchev–Trinajstić information content (AvgIpc) is 3.59. The zero-order chi connectivity index (χ0) is 24.5. The molecule has 0 radical (unpaired) electrons. The van der Waals surface area contributed by atoms with Crippen molar-refractivity contribution in [3.05, 3.63) is 74.7 Å². The maximum Gasteiger partial charge on any atom is 0.262 e. The van der Waals surface area contributed by atoms with Crippen molar-refractivity contribution >= 4 is 52.1 Å². The number of ether oxygens (including phenoxy) is 1. The van der Waals surface area contributed by atoms with Crippen molar-refractivity contribution in [3.8, 4) is 11.1 Å². The molecule has 7 nitrogen and oxygen atoms in total. The Morgan fingerprint density at radius 3 is 2.83 bits per heavy atom. The van der Waals surface area contributed by atoms with E-state index < -0.39 is 12.1 Å². The fourth-order valence-electron chi connectivity index (χ4n) is 4.51. The molecular formula is C25H21Cl2N3O4S. The van der Waals surface area contributed by atoms with Gasteiger partial charge in [-0.05, 0) is 47.2 Å². The Labute approximate surface area is 216 Å². The summed E-state index contributed by atoms with van der Waals surface area (Å²) in [5.74, 6) is -0.798. The number of likely N-dealkylation sites (tertiary alicyclic amines) is 1. The van der Waals surface area contributed by atoms with E-state index in [-0.39, 0.29) is 36.7 Å². The van der Waals surface area contributed by atoms with Crippen LogP contribution in [0.5, 0.6) is 0 Å². The highest BCUT2D eigenvalue weighted by atomic mass is 35.5. The highest BCUT2D eigenvalue weighted by Gasteiger charge is 2.48. The number of amides is 2. The highest BCUT2D eigenvalue weighted by molar-refractivity contribution is 7.12. The summed E-state index contributed by atoms with van der Waals surface area (Å²) in [6.07, 6.45) is 3.92. The van der Waals surface area contributed by atoms with Crippen LogP contribution < -0.4 is 5.32 Å². The number of thiophene rings is 1. The number of carbonyl (C=O) groups excluding carboxylic acids is 3. The topological polar surface area (TPSA) is 88.6 Å². The molecule has 3 unspecified atom stereocenters. The van der Waals surface area contributed by atoms with Crippen molar-refractivity contribution in [1.82, 2.24) is 15.2 Å². The van der Waals surface area contributed by atoms with E-state index in [2.05, 4.69) is 10.3 Å². The minimum atomic E-state index is -0.893. The number of rotatable bonds is 6. The quantitative estimate of drug-likeness (QED) is 0.520. The molecule has 2 saturated heterocycles.